The second kappa shape index (κ2) is 7.94. The van der Waals surface area contributed by atoms with Gasteiger partial charge < -0.3 is 10.1 Å². The molecular weight excluding hydrogens is 370 g/mol. The van der Waals surface area contributed by atoms with Crippen molar-refractivity contribution in [3.05, 3.63) is 52.2 Å². The number of anilines is 1. The van der Waals surface area contributed by atoms with Gasteiger partial charge in [0.1, 0.15) is 0 Å². The molecule has 2 aromatic rings. The fraction of sp³-hybridized carbons (Fsp3) is 0.450. The van der Waals surface area contributed by atoms with Crippen LogP contribution in [0, 0.1) is 17.6 Å². The van der Waals surface area contributed by atoms with Crippen molar-refractivity contribution in [2.45, 2.75) is 44.3 Å². The van der Waals surface area contributed by atoms with Gasteiger partial charge in [0.2, 0.25) is 0 Å². The van der Waals surface area contributed by atoms with Gasteiger partial charge in [-0.2, -0.15) is 11.3 Å². The zero-order chi connectivity index (χ0) is 18.8. The maximum Gasteiger partial charge on any atom is 0.414 e. The number of hydrogen-bond acceptors (Lipinski definition) is 4. The molecule has 7 heteroatoms. The standard InChI is InChI=1S/C20H22F2N2O2S/c21-18-3-1-2-14(19(18)22)10-24(17-6-7-27-12-17)20(25)26-11-13-8-15-4-5-16(9-13)23-15/h1-3,6-7,12-13,15-16,23H,4-5,8-11H2. The predicted molar refractivity (Wildman–Crippen MR) is 101 cm³/mol. The van der Waals surface area contributed by atoms with E-state index in [4.69, 9.17) is 4.74 Å². The van der Waals surface area contributed by atoms with Crippen LogP contribution in [0.2, 0.25) is 0 Å². The van der Waals surface area contributed by atoms with Crippen LogP contribution >= 0.6 is 11.3 Å². The third-order valence-electron chi connectivity index (χ3n) is 5.41. The second-order valence-electron chi connectivity index (χ2n) is 7.33. The van der Waals surface area contributed by atoms with E-state index in [0.717, 1.165) is 18.9 Å². The highest BCUT2D eigenvalue weighted by atomic mass is 32.1. The SMILES string of the molecule is O=C(OCC1CC2CCC(C1)N2)N(Cc1cccc(F)c1F)c1ccsc1. The van der Waals surface area contributed by atoms with E-state index in [1.807, 2.05) is 5.38 Å². The number of thiophene rings is 1. The lowest BCUT2D eigenvalue weighted by molar-refractivity contribution is 0.116. The highest BCUT2D eigenvalue weighted by molar-refractivity contribution is 7.08. The number of benzene rings is 1. The molecule has 2 atom stereocenters. The van der Waals surface area contributed by atoms with Crippen molar-refractivity contribution in [3.8, 4) is 0 Å². The average molecular weight is 392 g/mol. The minimum Gasteiger partial charge on any atom is -0.449 e. The Morgan fingerprint density at radius 3 is 2.70 bits per heavy atom. The molecule has 2 unspecified atom stereocenters. The molecular formula is C20H22F2N2O2S. The summed E-state index contributed by atoms with van der Waals surface area (Å²) in [4.78, 5) is 14.1. The van der Waals surface area contributed by atoms with Gasteiger partial charge in [-0.25, -0.2) is 13.6 Å². The lowest BCUT2D eigenvalue weighted by Gasteiger charge is -2.29. The number of carbonyl (C=O) groups is 1. The number of ether oxygens (including phenoxy) is 1. The van der Waals surface area contributed by atoms with E-state index >= 15 is 0 Å². The van der Waals surface area contributed by atoms with Crippen LogP contribution in [0.5, 0.6) is 0 Å². The molecule has 2 aliphatic rings. The Bertz CT molecular complexity index is 787. The Kier molecular flexibility index (Phi) is 5.41. The van der Waals surface area contributed by atoms with Crippen LogP contribution in [-0.4, -0.2) is 24.8 Å². The molecule has 0 aliphatic carbocycles. The van der Waals surface area contributed by atoms with E-state index in [1.165, 1.54) is 41.2 Å². The summed E-state index contributed by atoms with van der Waals surface area (Å²) in [6, 6.07) is 6.82. The van der Waals surface area contributed by atoms with E-state index in [0.29, 0.717) is 30.3 Å². The van der Waals surface area contributed by atoms with Crippen molar-refractivity contribution < 1.29 is 18.3 Å². The summed E-state index contributed by atoms with van der Waals surface area (Å²) in [6.07, 6.45) is 3.88. The van der Waals surface area contributed by atoms with E-state index in [1.54, 1.807) is 11.4 Å². The molecule has 0 radical (unpaired) electrons. The maximum atomic E-state index is 14.1. The Hall–Kier alpha value is -1.99. The lowest BCUT2D eigenvalue weighted by atomic mass is 9.93. The molecule has 144 valence electrons. The number of amides is 1. The summed E-state index contributed by atoms with van der Waals surface area (Å²) in [6.45, 7) is 0.288. The fourth-order valence-electron chi connectivity index (χ4n) is 4.09. The van der Waals surface area contributed by atoms with Gasteiger partial charge in [0.15, 0.2) is 11.6 Å². The van der Waals surface area contributed by atoms with Gasteiger partial charge in [0.25, 0.3) is 0 Å². The number of rotatable bonds is 5. The Morgan fingerprint density at radius 1 is 1.22 bits per heavy atom. The van der Waals surface area contributed by atoms with E-state index in [-0.39, 0.29) is 12.1 Å². The van der Waals surface area contributed by atoms with Crippen molar-refractivity contribution >= 4 is 23.1 Å². The fourth-order valence-corrected chi connectivity index (χ4v) is 4.73. The first-order chi connectivity index (χ1) is 13.1. The summed E-state index contributed by atoms with van der Waals surface area (Å²) in [5.41, 5.74) is 0.747. The van der Waals surface area contributed by atoms with Crippen LogP contribution in [0.4, 0.5) is 19.3 Å². The van der Waals surface area contributed by atoms with Crippen molar-refractivity contribution in [1.82, 2.24) is 5.32 Å². The maximum absolute atomic E-state index is 14.1. The normalized spacial score (nSPS) is 24.0. The predicted octanol–water partition coefficient (Wildman–Crippen LogP) is 4.70. The molecule has 27 heavy (non-hydrogen) atoms. The van der Waals surface area contributed by atoms with Crippen LogP contribution in [-0.2, 0) is 11.3 Å². The molecule has 4 rings (SSSR count). The van der Waals surface area contributed by atoms with Crippen molar-refractivity contribution in [3.63, 3.8) is 0 Å². The number of fused-ring (bicyclic) bond motifs is 2. The van der Waals surface area contributed by atoms with Crippen LogP contribution < -0.4 is 10.2 Å². The zero-order valence-corrected chi connectivity index (χ0v) is 15.7. The highest BCUT2D eigenvalue weighted by Gasteiger charge is 2.34. The number of piperidine rings is 1. The minimum atomic E-state index is -0.930. The first-order valence-corrected chi connectivity index (χ1v) is 10.2. The van der Waals surface area contributed by atoms with Crippen LogP contribution in [0.25, 0.3) is 0 Å². The first kappa shape index (κ1) is 18.4. The summed E-state index contributed by atoms with van der Waals surface area (Å²) < 4.78 is 33.2. The number of nitrogens with zero attached hydrogens (tertiary/aromatic N) is 1. The molecule has 2 aliphatic heterocycles. The summed E-state index contributed by atoms with van der Waals surface area (Å²) >= 11 is 1.43. The first-order valence-electron chi connectivity index (χ1n) is 9.25. The minimum absolute atomic E-state index is 0.0728. The van der Waals surface area contributed by atoms with Gasteiger partial charge >= 0.3 is 6.09 Å². The van der Waals surface area contributed by atoms with Gasteiger partial charge in [0.05, 0.1) is 18.8 Å². The molecule has 4 nitrogen and oxygen atoms in total. The Balaban J connectivity index is 1.44. The Morgan fingerprint density at radius 2 is 2.00 bits per heavy atom. The molecule has 0 saturated carbocycles. The van der Waals surface area contributed by atoms with Gasteiger partial charge in [-0.1, -0.05) is 12.1 Å². The van der Waals surface area contributed by atoms with Crippen molar-refractivity contribution in [1.29, 1.82) is 0 Å². The molecule has 1 amide bonds. The van der Waals surface area contributed by atoms with Gasteiger partial charge in [0, 0.05) is 23.0 Å². The van der Waals surface area contributed by atoms with Gasteiger partial charge in [-0.15, -0.1) is 0 Å². The largest absolute Gasteiger partial charge is 0.449 e. The van der Waals surface area contributed by atoms with Crippen molar-refractivity contribution in [2.24, 2.45) is 5.92 Å². The summed E-state index contributed by atoms with van der Waals surface area (Å²) in [7, 11) is 0. The number of carbonyl (C=O) groups excluding carboxylic acids is 1. The number of nitrogens with one attached hydrogen (secondary N) is 1. The van der Waals surface area contributed by atoms with Crippen LogP contribution in [0.3, 0.4) is 0 Å². The number of halogens is 2. The molecule has 2 bridgehead atoms. The molecule has 1 aromatic heterocycles. The van der Waals surface area contributed by atoms with E-state index < -0.39 is 17.7 Å². The second-order valence-corrected chi connectivity index (χ2v) is 8.11. The Labute approximate surface area is 161 Å². The summed E-state index contributed by atoms with van der Waals surface area (Å²) in [5, 5.41) is 7.20. The van der Waals surface area contributed by atoms with E-state index in [9.17, 15) is 13.6 Å². The van der Waals surface area contributed by atoms with Gasteiger partial charge in [-0.05, 0) is 49.1 Å². The molecule has 1 aromatic carbocycles. The smallest absolute Gasteiger partial charge is 0.414 e. The molecule has 2 saturated heterocycles. The third kappa shape index (κ3) is 4.14. The van der Waals surface area contributed by atoms with Crippen molar-refractivity contribution in [2.75, 3.05) is 11.5 Å². The van der Waals surface area contributed by atoms with Crippen LogP contribution in [0.15, 0.2) is 35.0 Å². The molecule has 1 N–H and O–H groups in total. The molecule has 2 fully saturated rings. The topological polar surface area (TPSA) is 41.6 Å². The van der Waals surface area contributed by atoms with Gasteiger partial charge in [-0.3, -0.25) is 4.90 Å². The highest BCUT2D eigenvalue weighted by Crippen LogP contribution is 2.31. The van der Waals surface area contributed by atoms with E-state index in [2.05, 4.69) is 5.32 Å². The quantitative estimate of drug-likeness (QED) is 0.802. The molecule has 3 heterocycles. The average Bonchev–Trinajstić information content (AvgIpc) is 3.31. The molecule has 0 spiro atoms. The number of hydrogen-bond donors (Lipinski definition) is 1. The monoisotopic (exact) mass is 392 g/mol. The zero-order valence-electron chi connectivity index (χ0n) is 14.9. The van der Waals surface area contributed by atoms with Crippen LogP contribution in [0.1, 0.15) is 31.2 Å². The lowest BCUT2D eigenvalue weighted by Crippen LogP contribution is -2.40. The third-order valence-corrected chi connectivity index (χ3v) is 6.08. The summed E-state index contributed by atoms with van der Waals surface area (Å²) in [5.74, 6) is -1.50.